The number of aliphatic hydroxyl groups is 2. The van der Waals surface area contributed by atoms with Gasteiger partial charge in [-0.3, -0.25) is 4.79 Å². The van der Waals surface area contributed by atoms with Gasteiger partial charge in [0.05, 0.1) is 29.0 Å². The number of carbonyl (C=O) groups excluding carboxylic acids is 1. The minimum atomic E-state index is -1.49. The third kappa shape index (κ3) is 2.53. The van der Waals surface area contributed by atoms with E-state index in [-0.39, 0.29) is 36.7 Å². The van der Waals surface area contributed by atoms with Crippen molar-refractivity contribution < 1.29 is 29.2 Å². The number of aromatic nitrogens is 2. The summed E-state index contributed by atoms with van der Waals surface area (Å²) in [5.41, 5.74) is 4.00. The second kappa shape index (κ2) is 6.53. The highest BCUT2D eigenvalue weighted by molar-refractivity contribution is 5.91. The maximum atomic E-state index is 13.2. The molecule has 0 saturated heterocycles. The van der Waals surface area contributed by atoms with Gasteiger partial charge in [0.2, 0.25) is 6.79 Å². The highest BCUT2D eigenvalue weighted by Crippen LogP contribution is 2.42. The largest absolute Gasteiger partial charge is 0.458 e. The lowest BCUT2D eigenvalue weighted by Gasteiger charge is -2.21. The molecule has 6 rings (SSSR count). The number of aliphatic hydroxyl groups excluding tert-OH is 2. The highest BCUT2D eigenvalue weighted by atomic mass is 16.7. The van der Waals surface area contributed by atoms with Crippen molar-refractivity contribution in [3.63, 3.8) is 0 Å². The van der Waals surface area contributed by atoms with Crippen LogP contribution in [0.1, 0.15) is 34.8 Å². The molecule has 9 heteroatoms. The second-order valence-electron chi connectivity index (χ2n) is 7.83. The molecule has 0 amide bonds. The highest BCUT2D eigenvalue weighted by Gasteiger charge is 2.34. The SMILES string of the molecule is O=C1OCc2c(cc3n(c2=O)Cc2c-3nc3cc4c(cc3c2CCCO)OCO4)C1O. The molecule has 3 aliphatic heterocycles. The summed E-state index contributed by atoms with van der Waals surface area (Å²) in [5, 5.41) is 20.6. The first-order valence-corrected chi connectivity index (χ1v) is 10.0. The lowest BCUT2D eigenvalue weighted by atomic mass is 9.96. The number of aryl methyl sites for hydroxylation is 1. The predicted molar refractivity (Wildman–Crippen MR) is 107 cm³/mol. The Hall–Kier alpha value is -3.43. The number of esters is 1. The van der Waals surface area contributed by atoms with E-state index in [2.05, 4.69) is 0 Å². The van der Waals surface area contributed by atoms with Crippen LogP contribution in [0.15, 0.2) is 23.0 Å². The lowest BCUT2D eigenvalue weighted by molar-refractivity contribution is -0.157. The van der Waals surface area contributed by atoms with Crippen LogP contribution in [0.3, 0.4) is 0 Å². The Morgan fingerprint density at radius 2 is 1.90 bits per heavy atom. The van der Waals surface area contributed by atoms with Crippen LogP contribution in [-0.4, -0.2) is 39.1 Å². The zero-order valence-electron chi connectivity index (χ0n) is 16.4. The van der Waals surface area contributed by atoms with E-state index in [0.29, 0.717) is 47.8 Å². The van der Waals surface area contributed by atoms with Gasteiger partial charge >= 0.3 is 5.97 Å². The van der Waals surface area contributed by atoms with Crippen molar-refractivity contribution in [3.05, 3.63) is 50.8 Å². The lowest BCUT2D eigenvalue weighted by Crippen LogP contribution is -2.32. The smallest absolute Gasteiger partial charge is 0.340 e. The molecule has 1 atom stereocenters. The molecular formula is C22H18N2O7. The van der Waals surface area contributed by atoms with Gasteiger partial charge in [-0.05, 0) is 30.5 Å². The topological polar surface area (TPSA) is 120 Å². The van der Waals surface area contributed by atoms with Crippen molar-refractivity contribution in [2.75, 3.05) is 13.4 Å². The van der Waals surface area contributed by atoms with Crippen LogP contribution in [0.25, 0.3) is 22.3 Å². The number of hydrogen-bond donors (Lipinski definition) is 2. The number of cyclic esters (lactones) is 1. The van der Waals surface area contributed by atoms with Crippen molar-refractivity contribution in [1.82, 2.24) is 9.55 Å². The fraction of sp³-hybridized carbons (Fsp3) is 0.318. The second-order valence-corrected chi connectivity index (χ2v) is 7.83. The maximum absolute atomic E-state index is 13.2. The van der Waals surface area contributed by atoms with Gasteiger partial charge < -0.3 is 29.0 Å². The Bertz CT molecular complexity index is 1340. The molecule has 1 unspecified atom stereocenters. The van der Waals surface area contributed by atoms with Crippen molar-refractivity contribution in [3.8, 4) is 22.9 Å². The summed E-state index contributed by atoms with van der Waals surface area (Å²) in [7, 11) is 0. The quantitative estimate of drug-likeness (QED) is 0.472. The number of carbonyl (C=O) groups is 1. The van der Waals surface area contributed by atoms with Crippen molar-refractivity contribution >= 4 is 16.9 Å². The van der Waals surface area contributed by atoms with Gasteiger partial charge in [-0.2, -0.15) is 0 Å². The van der Waals surface area contributed by atoms with Gasteiger partial charge in [-0.25, -0.2) is 9.78 Å². The van der Waals surface area contributed by atoms with Gasteiger partial charge in [0.25, 0.3) is 5.56 Å². The Labute approximate surface area is 175 Å². The van der Waals surface area contributed by atoms with Crippen LogP contribution >= 0.6 is 0 Å². The molecule has 0 bridgehead atoms. The number of ether oxygens (including phenoxy) is 3. The molecule has 31 heavy (non-hydrogen) atoms. The third-order valence-electron chi connectivity index (χ3n) is 6.15. The summed E-state index contributed by atoms with van der Waals surface area (Å²) in [6, 6.07) is 5.37. The molecule has 5 heterocycles. The van der Waals surface area contributed by atoms with E-state index < -0.39 is 12.1 Å². The average molecular weight is 422 g/mol. The molecule has 3 aliphatic rings. The van der Waals surface area contributed by atoms with Gasteiger partial charge in [-0.1, -0.05) is 0 Å². The fourth-order valence-electron chi connectivity index (χ4n) is 4.64. The van der Waals surface area contributed by atoms with E-state index in [1.807, 2.05) is 12.1 Å². The van der Waals surface area contributed by atoms with Gasteiger partial charge in [0, 0.05) is 29.2 Å². The molecular weight excluding hydrogens is 404 g/mol. The maximum Gasteiger partial charge on any atom is 0.340 e. The number of hydrogen-bond acceptors (Lipinski definition) is 8. The Kier molecular flexibility index (Phi) is 3.87. The minimum Gasteiger partial charge on any atom is -0.458 e. The van der Waals surface area contributed by atoms with E-state index in [1.165, 1.54) is 0 Å². The summed E-state index contributed by atoms with van der Waals surface area (Å²) in [4.78, 5) is 29.8. The molecule has 0 aliphatic carbocycles. The van der Waals surface area contributed by atoms with Crippen LogP contribution in [-0.2, 0) is 29.1 Å². The van der Waals surface area contributed by atoms with Crippen molar-refractivity contribution in [2.24, 2.45) is 0 Å². The Morgan fingerprint density at radius 3 is 2.71 bits per heavy atom. The number of nitrogens with zero attached hydrogens (tertiary/aromatic N) is 2. The summed E-state index contributed by atoms with van der Waals surface area (Å²) in [5.74, 6) is 0.478. The molecule has 2 aromatic heterocycles. The molecule has 0 spiro atoms. The van der Waals surface area contributed by atoms with Crippen molar-refractivity contribution in [2.45, 2.75) is 32.1 Å². The van der Waals surface area contributed by atoms with Gasteiger partial charge in [0.15, 0.2) is 17.6 Å². The standard InChI is InChI=1S/C22H18N2O7/c25-3-1-2-10-11-5-17-18(31-9-30-17)6-15(11)23-19-13(10)7-24-16(19)4-12-14(21(24)27)8-29-22(28)20(12)26/h4-6,20,25-26H,1-3,7-9H2. The number of benzene rings is 1. The molecule has 9 nitrogen and oxygen atoms in total. The predicted octanol–water partition coefficient (Wildman–Crippen LogP) is 1.17. The molecule has 158 valence electrons. The summed E-state index contributed by atoms with van der Waals surface area (Å²) >= 11 is 0. The fourth-order valence-corrected chi connectivity index (χ4v) is 4.64. The third-order valence-corrected chi connectivity index (χ3v) is 6.15. The molecule has 1 aromatic carbocycles. The average Bonchev–Trinajstić information content (AvgIpc) is 3.37. The summed E-state index contributed by atoms with van der Waals surface area (Å²) < 4.78 is 17.6. The van der Waals surface area contributed by atoms with Gasteiger partial charge in [-0.15, -0.1) is 0 Å². The van der Waals surface area contributed by atoms with Crippen molar-refractivity contribution in [1.29, 1.82) is 0 Å². The summed E-state index contributed by atoms with van der Waals surface area (Å²) in [6.07, 6.45) is -0.331. The van der Waals surface area contributed by atoms with Crippen LogP contribution in [0.5, 0.6) is 11.5 Å². The molecule has 2 N–H and O–H groups in total. The van der Waals surface area contributed by atoms with Crippen LogP contribution in [0, 0.1) is 0 Å². The Morgan fingerprint density at radius 1 is 1.10 bits per heavy atom. The molecule has 0 fully saturated rings. The van der Waals surface area contributed by atoms with E-state index in [1.54, 1.807) is 10.6 Å². The first-order chi connectivity index (χ1) is 15.1. The minimum absolute atomic E-state index is 0.0377. The van der Waals surface area contributed by atoms with Crippen LogP contribution in [0.4, 0.5) is 0 Å². The van der Waals surface area contributed by atoms with E-state index in [0.717, 1.165) is 16.5 Å². The summed E-state index contributed by atoms with van der Waals surface area (Å²) in [6.45, 7) is 0.347. The first-order valence-electron chi connectivity index (χ1n) is 10.0. The number of fused-ring (bicyclic) bond motifs is 6. The molecule has 0 saturated carbocycles. The van der Waals surface area contributed by atoms with E-state index in [4.69, 9.17) is 19.2 Å². The number of rotatable bonds is 3. The van der Waals surface area contributed by atoms with Crippen LogP contribution < -0.4 is 15.0 Å². The van der Waals surface area contributed by atoms with Crippen LogP contribution in [0.2, 0.25) is 0 Å². The van der Waals surface area contributed by atoms with Gasteiger partial charge in [0.1, 0.15) is 6.61 Å². The Balaban J connectivity index is 1.62. The zero-order chi connectivity index (χ0) is 21.3. The zero-order valence-corrected chi connectivity index (χ0v) is 16.4. The number of pyridine rings is 2. The first kappa shape index (κ1) is 18.3. The monoisotopic (exact) mass is 422 g/mol. The molecule has 3 aromatic rings. The van der Waals surface area contributed by atoms with E-state index >= 15 is 0 Å². The normalized spacial score (nSPS) is 18.0. The van der Waals surface area contributed by atoms with E-state index in [9.17, 15) is 19.8 Å². The molecule has 0 radical (unpaired) electrons.